The van der Waals surface area contributed by atoms with Crippen molar-refractivity contribution >= 4 is 5.97 Å². The monoisotopic (exact) mass is 654 g/mol. The number of hydrogen-bond acceptors (Lipinski definition) is 12. The molecule has 0 spiro atoms. The zero-order valence-corrected chi connectivity index (χ0v) is 26.0. The fourth-order valence-corrected chi connectivity index (χ4v) is 5.60. The van der Waals surface area contributed by atoms with Gasteiger partial charge in [-0.3, -0.25) is 4.79 Å². The summed E-state index contributed by atoms with van der Waals surface area (Å²) in [6.07, 6.45) is -13.0. The van der Waals surface area contributed by atoms with E-state index in [0.29, 0.717) is 0 Å². The predicted molar refractivity (Wildman–Crippen MR) is 165 cm³/mol. The lowest BCUT2D eigenvalue weighted by atomic mass is 9.96. The zero-order chi connectivity index (χ0) is 33.2. The van der Waals surface area contributed by atoms with Gasteiger partial charge < -0.3 is 53.6 Å². The average Bonchev–Trinajstić information content (AvgIpc) is 3.08. The summed E-state index contributed by atoms with van der Waals surface area (Å²) in [5.74, 6) is -0.643. The second-order valence-electron chi connectivity index (χ2n) is 11.5. The average molecular weight is 655 g/mol. The third-order valence-electron chi connectivity index (χ3n) is 7.99. The van der Waals surface area contributed by atoms with Crippen LogP contribution in [-0.4, -0.2) is 101 Å². The van der Waals surface area contributed by atoms with E-state index in [-0.39, 0.29) is 26.4 Å². The number of hydrogen-bond donors (Lipinski definition) is 4. The van der Waals surface area contributed by atoms with E-state index in [2.05, 4.69) is 0 Å². The quantitative estimate of drug-likeness (QED) is 0.187. The molecule has 10 atom stereocenters. The van der Waals surface area contributed by atoms with Crippen LogP contribution in [0.5, 0.6) is 0 Å². The van der Waals surface area contributed by atoms with Gasteiger partial charge in [-0.15, -0.1) is 0 Å². The van der Waals surface area contributed by atoms with Crippen LogP contribution in [0, 0.1) is 0 Å². The molecule has 2 aliphatic rings. The van der Waals surface area contributed by atoms with Crippen molar-refractivity contribution in [2.75, 3.05) is 13.2 Å². The highest BCUT2D eigenvalue weighted by atomic mass is 16.8. The molecule has 0 radical (unpaired) electrons. The topological polar surface area (TPSA) is 163 Å². The van der Waals surface area contributed by atoms with Crippen molar-refractivity contribution in [2.45, 2.75) is 88.2 Å². The summed E-state index contributed by atoms with van der Waals surface area (Å²) >= 11 is 0. The maximum absolute atomic E-state index is 12.1. The third-order valence-corrected chi connectivity index (χ3v) is 7.99. The van der Waals surface area contributed by atoms with Gasteiger partial charge in [-0.2, -0.15) is 0 Å². The second-order valence-corrected chi connectivity index (χ2v) is 11.5. The minimum Gasteiger partial charge on any atom is -0.457 e. The van der Waals surface area contributed by atoms with Crippen LogP contribution in [0.2, 0.25) is 0 Å². The van der Waals surface area contributed by atoms with E-state index >= 15 is 0 Å². The Morgan fingerprint density at radius 3 is 1.72 bits per heavy atom. The maximum atomic E-state index is 12.1. The molecule has 0 bridgehead atoms. The Hall–Kier alpha value is -3.27. The van der Waals surface area contributed by atoms with Crippen molar-refractivity contribution < 1.29 is 58.4 Å². The summed E-state index contributed by atoms with van der Waals surface area (Å²) < 4.78 is 41.7. The van der Waals surface area contributed by atoms with Gasteiger partial charge in [0.1, 0.15) is 42.7 Å². The van der Waals surface area contributed by atoms with E-state index < -0.39 is 74.0 Å². The molecule has 3 aromatic carbocycles. The minimum absolute atomic E-state index is 0.0423. The van der Waals surface area contributed by atoms with Gasteiger partial charge >= 0.3 is 5.97 Å². The van der Waals surface area contributed by atoms with Crippen LogP contribution >= 0.6 is 0 Å². The van der Waals surface area contributed by atoms with Gasteiger partial charge in [0.2, 0.25) is 0 Å². The first-order valence-electron chi connectivity index (χ1n) is 15.6. The van der Waals surface area contributed by atoms with Crippen LogP contribution in [0.3, 0.4) is 0 Å². The van der Waals surface area contributed by atoms with Gasteiger partial charge in [-0.05, 0) is 16.7 Å². The predicted octanol–water partition coefficient (Wildman–Crippen LogP) is 1.85. The number of aliphatic hydroxyl groups excluding tert-OH is 4. The Morgan fingerprint density at radius 2 is 1.19 bits per heavy atom. The maximum Gasteiger partial charge on any atom is 0.303 e. The van der Waals surface area contributed by atoms with Gasteiger partial charge in [0.05, 0.1) is 33.0 Å². The molecule has 0 aliphatic carbocycles. The van der Waals surface area contributed by atoms with Crippen molar-refractivity contribution in [3.8, 4) is 0 Å². The summed E-state index contributed by atoms with van der Waals surface area (Å²) in [6, 6.07) is 27.9. The lowest BCUT2D eigenvalue weighted by molar-refractivity contribution is -0.371. The Kier molecular flexibility index (Phi) is 12.8. The first-order valence-corrected chi connectivity index (χ1v) is 15.6. The number of esters is 1. The summed E-state index contributed by atoms with van der Waals surface area (Å²) in [4.78, 5) is 12.1. The van der Waals surface area contributed by atoms with Crippen molar-refractivity contribution in [3.63, 3.8) is 0 Å². The van der Waals surface area contributed by atoms with Crippen LogP contribution in [-0.2, 0) is 57.8 Å². The molecule has 4 N–H and O–H groups in total. The van der Waals surface area contributed by atoms with Crippen molar-refractivity contribution in [1.82, 2.24) is 0 Å². The number of benzene rings is 3. The van der Waals surface area contributed by atoms with Gasteiger partial charge in [-0.1, -0.05) is 91.0 Å². The molecular formula is C35H42O12. The number of aliphatic hydroxyl groups is 4. The number of carbonyl (C=O) groups excluding carboxylic acids is 1. The van der Waals surface area contributed by atoms with Crippen LogP contribution in [0.25, 0.3) is 0 Å². The number of rotatable bonds is 14. The molecule has 3 aromatic rings. The standard InChI is InChI=1S/C35H42O12/c1-22(37)44-30-27(21-41-18-23-11-5-2-6-12-23)46-35(32(29(30)39)43-20-25-15-9-4-10-16-25)47-33-31(28(38)26(17-36)45-34(33)40)42-19-24-13-7-3-8-14-24/h2-16,26-36,38-40H,17-21H2,1H3/t26-,27-,28+,29+,30+,31+,32-,33-,34-,35-/m1/s1. The summed E-state index contributed by atoms with van der Waals surface area (Å²) in [5.41, 5.74) is 2.49. The molecule has 12 nitrogen and oxygen atoms in total. The molecule has 0 unspecified atom stereocenters. The van der Waals surface area contributed by atoms with Crippen LogP contribution in [0.15, 0.2) is 91.0 Å². The molecular weight excluding hydrogens is 612 g/mol. The van der Waals surface area contributed by atoms with Gasteiger partial charge in [0.15, 0.2) is 18.7 Å². The minimum atomic E-state index is -1.66. The Bertz CT molecular complexity index is 1340. The van der Waals surface area contributed by atoms with E-state index in [1.807, 2.05) is 91.0 Å². The molecule has 0 aromatic heterocycles. The van der Waals surface area contributed by atoms with E-state index in [4.69, 9.17) is 33.2 Å². The van der Waals surface area contributed by atoms with Crippen molar-refractivity contribution in [2.24, 2.45) is 0 Å². The summed E-state index contributed by atoms with van der Waals surface area (Å²) in [7, 11) is 0. The molecule has 2 aliphatic heterocycles. The fraction of sp³-hybridized carbons (Fsp3) is 0.457. The summed E-state index contributed by atoms with van der Waals surface area (Å²) in [5, 5.41) is 43.6. The largest absolute Gasteiger partial charge is 0.457 e. The summed E-state index contributed by atoms with van der Waals surface area (Å²) in [6.45, 7) is 0.869. The van der Waals surface area contributed by atoms with Crippen LogP contribution < -0.4 is 0 Å². The Morgan fingerprint density at radius 1 is 0.660 bits per heavy atom. The molecule has 47 heavy (non-hydrogen) atoms. The van der Waals surface area contributed by atoms with E-state index in [9.17, 15) is 25.2 Å². The van der Waals surface area contributed by atoms with E-state index in [1.165, 1.54) is 6.92 Å². The lowest BCUT2D eigenvalue weighted by Gasteiger charge is -2.47. The fourth-order valence-electron chi connectivity index (χ4n) is 5.60. The molecule has 2 saturated heterocycles. The van der Waals surface area contributed by atoms with Gasteiger partial charge in [0, 0.05) is 6.92 Å². The first kappa shape index (κ1) is 35.0. The number of carbonyl (C=O) groups is 1. The van der Waals surface area contributed by atoms with Crippen LogP contribution in [0.1, 0.15) is 23.6 Å². The highest BCUT2D eigenvalue weighted by Crippen LogP contribution is 2.33. The molecule has 0 amide bonds. The first-order chi connectivity index (χ1) is 22.8. The van der Waals surface area contributed by atoms with E-state index in [0.717, 1.165) is 16.7 Å². The normalized spacial score (nSPS) is 30.9. The number of ether oxygens (including phenoxy) is 7. The molecule has 12 heteroatoms. The molecule has 5 rings (SSSR count). The van der Waals surface area contributed by atoms with Gasteiger partial charge in [0.25, 0.3) is 0 Å². The molecule has 254 valence electrons. The highest BCUT2D eigenvalue weighted by molar-refractivity contribution is 5.66. The zero-order valence-electron chi connectivity index (χ0n) is 26.0. The van der Waals surface area contributed by atoms with E-state index in [1.54, 1.807) is 0 Å². The molecule has 0 saturated carbocycles. The van der Waals surface area contributed by atoms with Crippen molar-refractivity contribution in [1.29, 1.82) is 0 Å². The van der Waals surface area contributed by atoms with Crippen molar-refractivity contribution in [3.05, 3.63) is 108 Å². The third kappa shape index (κ3) is 9.42. The lowest BCUT2D eigenvalue weighted by Crippen LogP contribution is -2.65. The molecule has 2 heterocycles. The molecule has 2 fully saturated rings. The Balaban J connectivity index is 1.39. The second kappa shape index (κ2) is 17.2. The van der Waals surface area contributed by atoms with Gasteiger partial charge in [-0.25, -0.2) is 0 Å². The smallest absolute Gasteiger partial charge is 0.303 e. The van der Waals surface area contributed by atoms with Crippen LogP contribution in [0.4, 0.5) is 0 Å². The Labute approximate surface area is 273 Å². The highest BCUT2D eigenvalue weighted by Gasteiger charge is 2.53. The SMILES string of the molecule is CC(=O)O[C@@H]1[C@H](O)[C@@H](OCc2ccccc2)[C@@H](O[C@@H]2[C@@H](OCc3ccccc3)[C@@H](O)[C@@H](CO)O[C@H]2O)O[C@@H]1COCc1ccccc1.